The van der Waals surface area contributed by atoms with E-state index in [1.807, 2.05) is 75.8 Å². The summed E-state index contributed by atoms with van der Waals surface area (Å²) >= 11 is 0. The van der Waals surface area contributed by atoms with Crippen molar-refractivity contribution in [1.29, 1.82) is 0 Å². The minimum absolute atomic E-state index is 0.103. The van der Waals surface area contributed by atoms with E-state index in [0.717, 1.165) is 44.5 Å². The molecule has 71 heavy (non-hydrogen) atoms. The summed E-state index contributed by atoms with van der Waals surface area (Å²) in [7, 11) is 0. The molecule has 8 heterocycles. The van der Waals surface area contributed by atoms with Gasteiger partial charge in [-0.1, -0.05) is 44.2 Å². The fourth-order valence-electron chi connectivity index (χ4n) is 9.41. The Morgan fingerprint density at radius 1 is 0.775 bits per heavy atom. The first-order chi connectivity index (χ1) is 33.8. The van der Waals surface area contributed by atoms with E-state index in [1.165, 1.54) is 12.7 Å². The Labute approximate surface area is 413 Å². The van der Waals surface area contributed by atoms with Gasteiger partial charge in [0.1, 0.15) is 65.9 Å². The predicted octanol–water partition coefficient (Wildman–Crippen LogP) is 4.31. The van der Waals surface area contributed by atoms with Gasteiger partial charge in [0.05, 0.1) is 12.7 Å². The molecule has 23 heteroatoms. The van der Waals surface area contributed by atoms with Gasteiger partial charge < -0.3 is 60.2 Å². The normalized spacial score (nSPS) is 25.4. The molecule has 0 bridgehead atoms. The third-order valence-corrected chi connectivity index (χ3v) is 12.2. The fourth-order valence-corrected chi connectivity index (χ4v) is 9.41. The smallest absolute Gasteiger partial charge is 0.407 e. The predicted molar refractivity (Wildman–Crippen MR) is 258 cm³/mol. The Hall–Kier alpha value is -5.75. The van der Waals surface area contributed by atoms with Gasteiger partial charge in [-0.25, -0.2) is 34.7 Å². The molecule has 4 aromatic heterocycles. The van der Waals surface area contributed by atoms with Crippen LogP contribution >= 0.6 is 0 Å². The lowest BCUT2D eigenvalue weighted by Gasteiger charge is -2.30. The number of fused-ring (bicyclic) bond motifs is 4. The van der Waals surface area contributed by atoms with Crippen molar-refractivity contribution in [2.24, 2.45) is 0 Å². The van der Waals surface area contributed by atoms with Crippen LogP contribution in [0.2, 0.25) is 0 Å². The van der Waals surface area contributed by atoms with Crippen LogP contribution in [0.3, 0.4) is 0 Å². The maximum atomic E-state index is 12.7. The first-order valence-corrected chi connectivity index (χ1v) is 24.2. The van der Waals surface area contributed by atoms with Gasteiger partial charge in [-0.15, -0.1) is 0 Å². The number of anilines is 2. The van der Waals surface area contributed by atoms with Crippen molar-refractivity contribution in [2.45, 2.75) is 160 Å². The van der Waals surface area contributed by atoms with E-state index >= 15 is 0 Å². The van der Waals surface area contributed by atoms with E-state index in [9.17, 15) is 4.79 Å². The van der Waals surface area contributed by atoms with Gasteiger partial charge in [0.2, 0.25) is 0 Å². The number of ether oxygens (including phenoxy) is 7. The molecule has 0 aliphatic carbocycles. The number of carbonyl (C=O) groups is 1. The highest BCUT2D eigenvalue weighted by atomic mass is 16.8. The average Bonchev–Trinajstić information content (AvgIpc) is 4.16. The second-order valence-corrected chi connectivity index (χ2v) is 19.8. The number of hydrogen-bond acceptors (Lipinski definition) is 20. The zero-order chi connectivity index (χ0) is 51.1. The highest BCUT2D eigenvalue weighted by Gasteiger charge is 2.57. The fraction of sp³-hybridized carbons (Fsp3) is 0.625. The van der Waals surface area contributed by atoms with Crippen LogP contribution in [0.1, 0.15) is 99.6 Å². The summed E-state index contributed by atoms with van der Waals surface area (Å²) in [6, 6.07) is 10.1. The number of nitrogens with one attached hydrogen (secondary N) is 2. The van der Waals surface area contributed by atoms with Gasteiger partial charge in [-0.3, -0.25) is 9.13 Å². The van der Waals surface area contributed by atoms with Crippen molar-refractivity contribution in [2.75, 3.05) is 44.2 Å². The summed E-state index contributed by atoms with van der Waals surface area (Å²) in [6.07, 6.45) is 7.28. The first-order valence-electron chi connectivity index (χ1n) is 24.2. The Balaban J connectivity index is 0.000000223. The summed E-state index contributed by atoms with van der Waals surface area (Å²) < 4.78 is 47.2. The largest absolute Gasteiger partial charge is 0.444 e. The van der Waals surface area contributed by atoms with Gasteiger partial charge >= 0.3 is 12.2 Å². The highest BCUT2D eigenvalue weighted by molar-refractivity contribution is 5.82. The molecule has 0 spiro atoms. The second-order valence-electron chi connectivity index (χ2n) is 19.8. The first kappa shape index (κ1) is 53.1. The molecule has 386 valence electrons. The minimum Gasteiger partial charge on any atom is -0.444 e. The number of aromatic nitrogens is 8. The van der Waals surface area contributed by atoms with Gasteiger partial charge in [-0.05, 0) is 92.8 Å². The topological polar surface area (TPSA) is 282 Å². The number of hydrogen-bond donors (Lipinski definition) is 4. The van der Waals surface area contributed by atoms with E-state index in [1.54, 1.807) is 12.7 Å². The molecule has 1 aromatic carbocycles. The standard InChI is InChI=1S/C31H45N7O5.C16H24N6O3.CO2/c1-7-14-37(15-13-21(16-20-11-9-8-10-12-20)36-29(39)43-30(2,3)4)17-22-24-25(42-31(5,6)41-24)28(40-22)38-19-35-23-26(32)33-18-34-27(23)38;1-4-5-18-6-9-11-12(25-16(2,3)24-11)15(23-9)22-8-21-10-13(17)19-7-20-14(10)22;2-1-3/h8-12,18-19,21-22,24-25,28H,7,13-17H2,1-6H3,(H,36,39)(H2,32,33,34);7-9,11-12,15,18H,4-6H2,1-3H3,(H2,17,19,20);/t21-,22+,24+,25+,28?;9-,11-,12-,15?;/m01./s1. The van der Waals surface area contributed by atoms with Crippen LogP contribution in [0.15, 0.2) is 55.6 Å². The summed E-state index contributed by atoms with van der Waals surface area (Å²) in [6.45, 7) is 21.5. The number of imidazole rings is 2. The zero-order valence-electron chi connectivity index (χ0n) is 42.0. The Kier molecular flexibility index (Phi) is 17.0. The molecule has 1 amide bonds. The van der Waals surface area contributed by atoms with Crippen LogP contribution in [-0.4, -0.2) is 149 Å². The number of nitrogens with two attached hydrogens (primary N) is 2. The number of rotatable bonds is 16. The molecule has 6 N–H and O–H groups in total. The van der Waals surface area contributed by atoms with Gasteiger partial charge in [0, 0.05) is 25.7 Å². The van der Waals surface area contributed by atoms with E-state index < -0.39 is 29.5 Å². The molecule has 0 radical (unpaired) electrons. The summed E-state index contributed by atoms with van der Waals surface area (Å²) in [5.74, 6) is -0.736. The van der Waals surface area contributed by atoms with Gasteiger partial charge in [0.25, 0.3) is 0 Å². The lowest BCUT2D eigenvalue weighted by Crippen LogP contribution is -2.44. The van der Waals surface area contributed by atoms with Crippen molar-refractivity contribution in [3.8, 4) is 0 Å². The van der Waals surface area contributed by atoms with Crippen molar-refractivity contribution in [1.82, 2.24) is 54.6 Å². The highest BCUT2D eigenvalue weighted by Crippen LogP contribution is 2.45. The van der Waals surface area contributed by atoms with Crippen molar-refractivity contribution in [3.63, 3.8) is 0 Å². The van der Waals surface area contributed by atoms with Crippen molar-refractivity contribution < 1.29 is 47.5 Å². The Morgan fingerprint density at radius 2 is 1.30 bits per heavy atom. The number of benzene rings is 1. The summed E-state index contributed by atoms with van der Waals surface area (Å²) in [5.41, 5.74) is 14.8. The van der Waals surface area contributed by atoms with Crippen LogP contribution in [0.25, 0.3) is 22.3 Å². The van der Waals surface area contributed by atoms with Crippen LogP contribution < -0.4 is 22.1 Å². The average molecular weight is 988 g/mol. The molecule has 0 saturated carbocycles. The van der Waals surface area contributed by atoms with Gasteiger partial charge in [-0.2, -0.15) is 9.59 Å². The van der Waals surface area contributed by atoms with Crippen molar-refractivity contribution >= 4 is 46.2 Å². The maximum Gasteiger partial charge on any atom is 0.407 e. The Morgan fingerprint density at radius 3 is 1.82 bits per heavy atom. The molecule has 4 aliphatic rings. The number of amides is 1. The second kappa shape index (κ2) is 22.8. The quantitative estimate of drug-likeness (QED) is 0.100. The van der Waals surface area contributed by atoms with Crippen molar-refractivity contribution in [3.05, 3.63) is 61.2 Å². The number of nitrogens with zero attached hydrogens (tertiary/aromatic N) is 9. The van der Waals surface area contributed by atoms with E-state index in [2.05, 4.69) is 71.4 Å². The monoisotopic (exact) mass is 988 g/mol. The SMILES string of the molecule is CCCN(CC[C@@H](Cc1ccccc1)NC(=O)OC(C)(C)C)C[C@H]1OC(n2cnc3c(N)ncnc32)[C@@H]2OC(C)(C)O[C@H]12.CCCNC[C@H]1OC(n2cnc3c(N)ncnc32)[C@@H]2OC(C)(C)O[C@H]12.O=C=O. The molecule has 4 saturated heterocycles. The van der Waals surface area contributed by atoms with E-state index in [0.29, 0.717) is 53.5 Å². The van der Waals surface area contributed by atoms with Crippen LogP contribution in [0.4, 0.5) is 16.4 Å². The van der Waals surface area contributed by atoms with Crippen LogP contribution in [0, 0.1) is 0 Å². The number of carbonyl (C=O) groups excluding carboxylic acids is 3. The molecular weight excluding hydrogens is 919 g/mol. The van der Waals surface area contributed by atoms with E-state index in [-0.39, 0.29) is 55.0 Å². The number of alkyl carbamates (subject to hydrolysis) is 1. The molecule has 2 unspecified atom stereocenters. The third kappa shape index (κ3) is 13.0. The molecular formula is C48H69N13O10. The molecule has 4 fully saturated rings. The molecule has 4 aliphatic heterocycles. The molecule has 9 rings (SSSR count). The lowest BCUT2D eigenvalue weighted by atomic mass is 10.0. The minimum atomic E-state index is -0.756. The third-order valence-electron chi connectivity index (χ3n) is 12.2. The van der Waals surface area contributed by atoms with Crippen LogP contribution in [0.5, 0.6) is 0 Å². The Bertz CT molecular complexity index is 2570. The van der Waals surface area contributed by atoms with Crippen LogP contribution in [-0.2, 0) is 49.2 Å². The van der Waals surface area contributed by atoms with E-state index in [4.69, 9.17) is 54.2 Å². The summed E-state index contributed by atoms with van der Waals surface area (Å²) in [5, 5.41) is 6.51. The molecule has 23 nitrogen and oxygen atoms in total. The zero-order valence-corrected chi connectivity index (χ0v) is 42.0. The maximum absolute atomic E-state index is 12.7. The lowest BCUT2D eigenvalue weighted by molar-refractivity contribution is -0.198. The summed E-state index contributed by atoms with van der Waals surface area (Å²) in [4.78, 5) is 56.9. The molecule has 9 atom stereocenters. The van der Waals surface area contributed by atoms with Gasteiger partial charge in [0.15, 0.2) is 47.0 Å². The number of nitrogen functional groups attached to an aromatic ring is 2. The molecule has 5 aromatic rings.